The molecular formula is C66H80N14O14S2. The van der Waals surface area contributed by atoms with Gasteiger partial charge in [-0.2, -0.15) is 8.61 Å². The summed E-state index contributed by atoms with van der Waals surface area (Å²) in [5, 5.41) is 22.8. The van der Waals surface area contributed by atoms with Gasteiger partial charge >= 0.3 is 0 Å². The highest BCUT2D eigenvalue weighted by atomic mass is 32.2. The fourth-order valence-electron chi connectivity index (χ4n) is 11.0. The van der Waals surface area contributed by atoms with Crippen LogP contribution >= 0.6 is 0 Å². The van der Waals surface area contributed by atoms with Crippen LogP contribution in [-0.4, -0.2) is 143 Å². The summed E-state index contributed by atoms with van der Waals surface area (Å²) in [6, 6.07) is 17.1. The molecule has 0 aliphatic rings. The Morgan fingerprint density at radius 3 is 1.11 bits per heavy atom. The van der Waals surface area contributed by atoms with Gasteiger partial charge in [-0.25, -0.2) is 46.7 Å². The molecule has 4 heterocycles. The first-order valence-electron chi connectivity index (χ1n) is 31.3. The van der Waals surface area contributed by atoms with E-state index in [9.17, 15) is 37.1 Å². The molecule has 0 aliphatic heterocycles. The molecule has 0 atom stereocenters. The number of nitrogens with zero attached hydrogens (tertiary/aromatic N) is 12. The van der Waals surface area contributed by atoms with Gasteiger partial charge in [0.25, 0.3) is 11.4 Å². The van der Waals surface area contributed by atoms with E-state index in [1.165, 1.54) is 84.0 Å². The van der Waals surface area contributed by atoms with Crippen molar-refractivity contribution in [1.82, 2.24) is 47.6 Å². The van der Waals surface area contributed by atoms with Crippen LogP contribution in [0.25, 0.3) is 22.3 Å². The van der Waals surface area contributed by atoms with Gasteiger partial charge in [-0.1, -0.05) is 63.2 Å². The fourth-order valence-corrected chi connectivity index (χ4v) is 13.8. The molecule has 0 saturated carbocycles. The molecule has 0 unspecified atom stereocenters. The molecule has 0 spiro atoms. The lowest BCUT2D eigenvalue weighted by Crippen LogP contribution is -2.32. The second-order valence-electron chi connectivity index (χ2n) is 22.3. The van der Waals surface area contributed by atoms with Gasteiger partial charge in [0.05, 0.1) is 75.4 Å². The van der Waals surface area contributed by atoms with Crippen LogP contribution in [0.4, 0.5) is 23.0 Å². The summed E-state index contributed by atoms with van der Waals surface area (Å²) in [5.74, 6) is 17.2. The van der Waals surface area contributed by atoms with Crippen LogP contribution in [0.1, 0.15) is 113 Å². The highest BCUT2D eigenvalue weighted by Crippen LogP contribution is 2.40. The molecule has 28 nitrogen and oxygen atoms in total. The summed E-state index contributed by atoms with van der Waals surface area (Å²) >= 11 is 0. The van der Waals surface area contributed by atoms with E-state index in [0.29, 0.717) is 133 Å². The number of nitrogen functional groups attached to an aromatic ring is 2. The Morgan fingerprint density at radius 2 is 0.802 bits per heavy atom. The SMILES string of the molecule is COc1cc(Cc2nc3c(N)ncnc3n2CCCC#CCN(CCCCCCCCCCCCN(CC#CCCCn2c(Cc3cc(OC)c(OC)c(OC)c3)nc3c(N)ncnc32)S(=O)(=O)c2ccc([N+](=O)[O-])cc2)S(=O)(=O)c2ccc([N+](=O)[O-])cc2)cc(OC)c1OC. The van der Waals surface area contributed by atoms with Crippen LogP contribution in [-0.2, 0) is 46.0 Å². The van der Waals surface area contributed by atoms with Gasteiger partial charge in [0.15, 0.2) is 57.0 Å². The van der Waals surface area contributed by atoms with E-state index in [-0.39, 0.29) is 59.0 Å². The van der Waals surface area contributed by atoms with E-state index in [1.54, 1.807) is 28.4 Å². The first-order valence-corrected chi connectivity index (χ1v) is 34.1. The second-order valence-corrected chi connectivity index (χ2v) is 26.1. The monoisotopic (exact) mass is 1360 g/mol. The summed E-state index contributed by atoms with van der Waals surface area (Å²) in [6.07, 6.45) is 13.7. The largest absolute Gasteiger partial charge is 0.493 e. The van der Waals surface area contributed by atoms with Crippen molar-refractivity contribution in [2.75, 3.05) is 80.3 Å². The van der Waals surface area contributed by atoms with Gasteiger partial charge in [0.1, 0.15) is 24.3 Å². The second kappa shape index (κ2) is 34.5. The fraction of sp³-hybridized carbons (Fsp3) is 0.424. The van der Waals surface area contributed by atoms with Crippen LogP contribution in [0.15, 0.2) is 95.2 Å². The van der Waals surface area contributed by atoms with Crippen molar-refractivity contribution in [3.05, 3.63) is 128 Å². The number of unbranched alkanes of at least 4 members (excludes halogenated alkanes) is 11. The summed E-state index contributed by atoms with van der Waals surface area (Å²) in [4.78, 5) is 48.4. The maximum atomic E-state index is 14.0. The highest BCUT2D eigenvalue weighted by Gasteiger charge is 2.27. The molecule has 4 aromatic carbocycles. The van der Waals surface area contributed by atoms with Crippen molar-refractivity contribution < 1.29 is 55.1 Å². The van der Waals surface area contributed by atoms with Gasteiger partial charge in [-0.3, -0.25) is 20.2 Å². The molecule has 4 aromatic heterocycles. The summed E-state index contributed by atoms with van der Waals surface area (Å²) in [7, 11) is 1.12. The highest BCUT2D eigenvalue weighted by molar-refractivity contribution is 7.89. The minimum atomic E-state index is -4.07. The Labute approximate surface area is 558 Å². The van der Waals surface area contributed by atoms with Crippen molar-refractivity contribution >= 4 is 65.4 Å². The number of hydrogen-bond donors (Lipinski definition) is 2. The predicted octanol–water partition coefficient (Wildman–Crippen LogP) is 9.73. The Hall–Kier alpha value is -9.88. The van der Waals surface area contributed by atoms with E-state index >= 15 is 0 Å². The van der Waals surface area contributed by atoms with Crippen LogP contribution in [0.3, 0.4) is 0 Å². The quantitative estimate of drug-likeness (QED) is 0.0158. The number of benzene rings is 4. The standard InChI is InChI=1S/C66H80N14O14S2/c1-89-53-39-47(40-54(90-2)61(53)93-5)43-57-73-59-63(67)69-45-71-65(59)77(57)37-23-17-15-21-35-75(95(85,86)51-29-25-49(26-30-51)79(81)82)33-19-13-11-9-7-8-10-12-14-20-34-76(96(87,88)52-31-27-50(28-32-52)80(83)84)36-22-16-18-24-38-78-58(74-60-64(68)70-46-72-66(60)78)44-48-41-55(91-3)62(94-6)56(42-48)92-4/h25-32,39-42,45-46H,7-14,17-20,23-24,33-38,43-44H2,1-6H3,(H2,67,69,71)(H2,68,70,72). The Morgan fingerprint density at radius 1 is 0.469 bits per heavy atom. The van der Waals surface area contributed by atoms with Crippen LogP contribution in [0.2, 0.25) is 0 Å². The molecule has 30 heteroatoms. The van der Waals surface area contributed by atoms with Crippen molar-refractivity contribution in [1.29, 1.82) is 0 Å². The third-order valence-electron chi connectivity index (χ3n) is 16.0. The number of aryl methyl sites for hydroxylation is 2. The maximum absolute atomic E-state index is 14.0. The minimum Gasteiger partial charge on any atom is -0.493 e. The summed E-state index contributed by atoms with van der Waals surface area (Å²) < 4.78 is 96.1. The van der Waals surface area contributed by atoms with Gasteiger partial charge in [0.2, 0.25) is 31.5 Å². The lowest BCUT2D eigenvalue weighted by Gasteiger charge is -2.20. The van der Waals surface area contributed by atoms with E-state index in [0.717, 1.165) is 62.5 Å². The van der Waals surface area contributed by atoms with E-state index < -0.39 is 29.9 Å². The number of hydrogen-bond acceptors (Lipinski definition) is 22. The topological polar surface area (TPSA) is 356 Å². The van der Waals surface area contributed by atoms with Gasteiger partial charge in [0, 0.05) is 76.1 Å². The normalized spacial score (nSPS) is 11.5. The molecule has 96 heavy (non-hydrogen) atoms. The number of nitro benzene ring substituents is 2. The molecule has 0 fully saturated rings. The first kappa shape index (κ1) is 72.0. The van der Waals surface area contributed by atoms with Crippen LogP contribution < -0.4 is 39.9 Å². The van der Waals surface area contributed by atoms with Crippen molar-refractivity contribution in [2.45, 2.75) is 126 Å². The minimum absolute atomic E-state index is 0.0664. The smallest absolute Gasteiger partial charge is 0.269 e. The van der Waals surface area contributed by atoms with Gasteiger partial charge in [-0.15, -0.1) is 11.8 Å². The van der Waals surface area contributed by atoms with E-state index in [4.69, 9.17) is 49.9 Å². The maximum Gasteiger partial charge on any atom is 0.269 e. The number of nitrogens with two attached hydrogens (primary N) is 2. The molecule has 8 rings (SSSR count). The van der Waals surface area contributed by atoms with E-state index in [1.807, 2.05) is 33.4 Å². The molecule has 0 bridgehead atoms. The molecule has 0 radical (unpaired) electrons. The van der Waals surface area contributed by atoms with Crippen molar-refractivity contribution in [3.8, 4) is 58.2 Å². The molecule has 510 valence electrons. The third-order valence-corrected chi connectivity index (χ3v) is 19.7. The number of ether oxygens (including phenoxy) is 6. The molecule has 0 aliphatic carbocycles. The number of rotatable bonds is 37. The lowest BCUT2D eigenvalue weighted by molar-refractivity contribution is -0.385. The third kappa shape index (κ3) is 18.1. The zero-order chi connectivity index (χ0) is 68.8. The average molecular weight is 1360 g/mol. The summed E-state index contributed by atoms with van der Waals surface area (Å²) in [6.45, 7) is 1.16. The van der Waals surface area contributed by atoms with Crippen molar-refractivity contribution in [2.24, 2.45) is 0 Å². The Bertz CT molecular complexity index is 4030. The van der Waals surface area contributed by atoms with Gasteiger partial charge < -0.3 is 49.0 Å². The zero-order valence-corrected chi connectivity index (χ0v) is 56.3. The lowest BCUT2D eigenvalue weighted by atomic mass is 10.1. The summed E-state index contributed by atoms with van der Waals surface area (Å²) in [5.41, 5.74) is 15.7. The molecule has 4 N–H and O–H groups in total. The zero-order valence-electron chi connectivity index (χ0n) is 54.7. The first-order chi connectivity index (χ1) is 46.4. The van der Waals surface area contributed by atoms with E-state index in [2.05, 4.69) is 43.6 Å². The Balaban J connectivity index is 0.811. The number of nitro groups is 2. The number of aromatic nitrogens is 8. The number of fused-ring (bicyclic) bond motifs is 2. The van der Waals surface area contributed by atoms with Crippen LogP contribution in [0.5, 0.6) is 34.5 Å². The molecular weight excluding hydrogens is 1280 g/mol. The van der Waals surface area contributed by atoms with Crippen molar-refractivity contribution in [3.63, 3.8) is 0 Å². The molecule has 0 saturated heterocycles. The number of methoxy groups -OCH3 is 6. The number of non-ortho nitro benzene ring substituents is 2. The van der Waals surface area contributed by atoms with Crippen LogP contribution in [0, 0.1) is 43.9 Å². The number of anilines is 2. The predicted molar refractivity (Wildman–Crippen MR) is 361 cm³/mol. The number of sulfonamides is 2. The Kier molecular flexibility index (Phi) is 25.9. The van der Waals surface area contributed by atoms with Gasteiger partial charge in [-0.05, 0) is 85.3 Å². The molecule has 0 amide bonds. The molecule has 8 aromatic rings. The number of imidazole rings is 2. The average Bonchev–Trinajstić information content (AvgIpc) is 1.59.